The first-order valence-electron chi connectivity index (χ1n) is 5.18. The van der Waals surface area contributed by atoms with Crippen LogP contribution in [0.3, 0.4) is 0 Å². The summed E-state index contributed by atoms with van der Waals surface area (Å²) in [5.41, 5.74) is 0.651. The quantitative estimate of drug-likeness (QED) is 0.658. The summed E-state index contributed by atoms with van der Waals surface area (Å²) < 4.78 is 5.04. The van der Waals surface area contributed by atoms with Gasteiger partial charge in [0.05, 0.1) is 12.1 Å². The van der Waals surface area contributed by atoms with E-state index < -0.39 is 0 Å². The molecule has 1 aliphatic rings. The van der Waals surface area contributed by atoms with E-state index in [4.69, 9.17) is 4.74 Å². The van der Waals surface area contributed by atoms with Crippen molar-refractivity contribution in [1.29, 1.82) is 0 Å². The first-order chi connectivity index (χ1) is 8.19. The molecule has 0 aromatic heterocycles. The number of hydrogen-bond donors (Lipinski definition) is 1. The van der Waals surface area contributed by atoms with Crippen LogP contribution >= 0.6 is 11.8 Å². The van der Waals surface area contributed by atoms with Gasteiger partial charge < -0.3 is 10.1 Å². The van der Waals surface area contributed by atoms with Crippen LogP contribution in [0.1, 0.15) is 10.4 Å². The summed E-state index contributed by atoms with van der Waals surface area (Å²) in [7, 11) is 1.60. The average Bonchev–Trinajstić information content (AvgIpc) is 2.75. The van der Waals surface area contributed by atoms with Crippen molar-refractivity contribution in [1.82, 2.24) is 5.32 Å². The highest BCUT2D eigenvalue weighted by Crippen LogP contribution is 2.27. The number of rotatable bonds is 3. The van der Waals surface area contributed by atoms with Gasteiger partial charge in [-0.3, -0.25) is 4.79 Å². The fourth-order valence-electron chi connectivity index (χ4n) is 1.45. The van der Waals surface area contributed by atoms with Crippen molar-refractivity contribution >= 4 is 17.5 Å². The monoisotopic (exact) mass is 247 g/mol. The molecule has 0 saturated carbocycles. The number of nitrogens with one attached hydrogen (secondary N) is 1. The number of carbonyl (C=O) groups is 1. The molecule has 1 saturated heterocycles. The Kier molecular flexibility index (Phi) is 3.54. The highest BCUT2D eigenvalue weighted by Gasteiger charge is 2.12. The summed E-state index contributed by atoms with van der Waals surface area (Å²) in [6, 6.07) is 7.07. The summed E-state index contributed by atoms with van der Waals surface area (Å²) in [6.45, 7) is 4.57. The number of ether oxygens (including phenoxy) is 1. The van der Waals surface area contributed by atoms with E-state index in [1.807, 2.05) is 0 Å². The minimum atomic E-state index is -0.0163. The first kappa shape index (κ1) is 11.8. The van der Waals surface area contributed by atoms with Crippen molar-refractivity contribution in [2.45, 2.75) is 0 Å². The number of carbonyl (C=O) groups excluding carboxylic acids is 1. The number of allylic oxidation sites excluding steroid dienone is 1. The second kappa shape index (κ2) is 5.10. The molecule has 0 radical (unpaired) electrons. The average molecular weight is 247 g/mol. The Balaban J connectivity index is 2.11. The van der Waals surface area contributed by atoms with Gasteiger partial charge in [0.1, 0.15) is 5.75 Å². The van der Waals surface area contributed by atoms with E-state index in [1.54, 1.807) is 37.5 Å². The highest BCUT2D eigenvalue weighted by atomic mass is 32.2. The third-order valence-corrected chi connectivity index (χ3v) is 3.27. The van der Waals surface area contributed by atoms with Crippen LogP contribution in [0.15, 0.2) is 46.9 Å². The molecule has 1 heterocycles. The lowest BCUT2D eigenvalue weighted by atomic mass is 10.1. The van der Waals surface area contributed by atoms with Crippen LogP contribution < -0.4 is 10.1 Å². The molecule has 4 heteroatoms. The van der Waals surface area contributed by atoms with E-state index in [0.717, 1.165) is 22.2 Å². The lowest BCUT2D eigenvalue weighted by molar-refractivity contribution is 0.104. The summed E-state index contributed by atoms with van der Waals surface area (Å²) in [6.07, 6.45) is 1.60. The Hall–Kier alpha value is -1.68. The molecular weight excluding hydrogens is 234 g/mol. The summed E-state index contributed by atoms with van der Waals surface area (Å²) in [5.74, 6) is 0.730. The van der Waals surface area contributed by atoms with Gasteiger partial charge in [-0.25, -0.2) is 0 Å². The Labute approximate surface area is 105 Å². The lowest BCUT2D eigenvalue weighted by Crippen LogP contribution is -2.06. The lowest BCUT2D eigenvalue weighted by Gasteiger charge is -2.01. The standard InChI is InChI=1S/C13H13NO2S/c1-9-8-14-13(17-9)7-12(15)10-3-5-11(16-2)6-4-10/h3-7,14H,1,8H2,2H3/b13-7+. The third kappa shape index (κ3) is 2.91. The summed E-state index contributed by atoms with van der Waals surface area (Å²) >= 11 is 1.51. The Morgan fingerprint density at radius 3 is 2.71 bits per heavy atom. The van der Waals surface area contributed by atoms with Gasteiger partial charge in [-0.1, -0.05) is 18.3 Å². The van der Waals surface area contributed by atoms with Gasteiger partial charge in [0.2, 0.25) is 0 Å². The minimum absolute atomic E-state index is 0.0163. The van der Waals surface area contributed by atoms with E-state index in [1.165, 1.54) is 11.8 Å². The summed E-state index contributed by atoms with van der Waals surface area (Å²) in [4.78, 5) is 12.9. The molecule has 1 aliphatic heterocycles. The van der Waals surface area contributed by atoms with Gasteiger partial charge in [-0.2, -0.15) is 0 Å². The predicted octanol–water partition coefficient (Wildman–Crippen LogP) is 2.57. The second-order valence-electron chi connectivity index (χ2n) is 3.60. The van der Waals surface area contributed by atoms with Crippen LogP contribution in [-0.4, -0.2) is 19.4 Å². The number of thioether (sulfide) groups is 1. The molecule has 17 heavy (non-hydrogen) atoms. The molecule has 0 spiro atoms. The maximum atomic E-state index is 11.9. The molecule has 0 atom stereocenters. The molecule has 1 aromatic carbocycles. The zero-order valence-corrected chi connectivity index (χ0v) is 10.3. The van der Waals surface area contributed by atoms with Crippen LogP contribution in [0.5, 0.6) is 5.75 Å². The number of methoxy groups -OCH3 is 1. The largest absolute Gasteiger partial charge is 0.497 e. The maximum Gasteiger partial charge on any atom is 0.188 e. The third-order valence-electron chi connectivity index (χ3n) is 2.35. The fraction of sp³-hybridized carbons (Fsp3) is 0.154. The van der Waals surface area contributed by atoms with E-state index in [-0.39, 0.29) is 5.78 Å². The van der Waals surface area contributed by atoms with Crippen LogP contribution in [0, 0.1) is 0 Å². The molecule has 0 aliphatic carbocycles. The SMILES string of the molecule is C=C1CN/C(=C\C(=O)c2ccc(OC)cc2)S1. The smallest absolute Gasteiger partial charge is 0.188 e. The van der Waals surface area contributed by atoms with Crippen molar-refractivity contribution in [2.24, 2.45) is 0 Å². The van der Waals surface area contributed by atoms with Crippen molar-refractivity contribution < 1.29 is 9.53 Å². The van der Waals surface area contributed by atoms with Gasteiger partial charge in [0, 0.05) is 23.1 Å². The topological polar surface area (TPSA) is 38.3 Å². The van der Waals surface area contributed by atoms with E-state index in [0.29, 0.717) is 5.56 Å². The first-order valence-corrected chi connectivity index (χ1v) is 6.00. The van der Waals surface area contributed by atoms with Gasteiger partial charge in [0.15, 0.2) is 5.78 Å². The van der Waals surface area contributed by atoms with Gasteiger partial charge in [-0.15, -0.1) is 0 Å². The Bertz CT molecular complexity index is 477. The zero-order valence-electron chi connectivity index (χ0n) is 9.53. The normalized spacial score (nSPS) is 17.0. The Morgan fingerprint density at radius 2 is 2.18 bits per heavy atom. The highest BCUT2D eigenvalue weighted by molar-refractivity contribution is 8.07. The van der Waals surface area contributed by atoms with Crippen molar-refractivity contribution in [3.8, 4) is 5.75 Å². The fourth-order valence-corrected chi connectivity index (χ4v) is 2.22. The predicted molar refractivity (Wildman–Crippen MR) is 70.1 cm³/mol. The van der Waals surface area contributed by atoms with Gasteiger partial charge in [-0.05, 0) is 24.3 Å². The van der Waals surface area contributed by atoms with Gasteiger partial charge in [0.25, 0.3) is 0 Å². The zero-order chi connectivity index (χ0) is 12.3. The second-order valence-corrected chi connectivity index (χ2v) is 4.82. The molecule has 1 fully saturated rings. The van der Waals surface area contributed by atoms with Crippen LogP contribution in [0.4, 0.5) is 0 Å². The van der Waals surface area contributed by atoms with Crippen LogP contribution in [0.25, 0.3) is 0 Å². The Morgan fingerprint density at radius 1 is 1.47 bits per heavy atom. The molecule has 0 bridgehead atoms. The van der Waals surface area contributed by atoms with Crippen LogP contribution in [-0.2, 0) is 0 Å². The number of benzene rings is 1. The van der Waals surface area contributed by atoms with E-state index in [9.17, 15) is 4.79 Å². The van der Waals surface area contributed by atoms with Crippen molar-refractivity contribution in [3.05, 3.63) is 52.4 Å². The molecule has 1 N–H and O–H groups in total. The molecular formula is C13H13NO2S. The van der Waals surface area contributed by atoms with Gasteiger partial charge >= 0.3 is 0 Å². The van der Waals surface area contributed by atoms with E-state index >= 15 is 0 Å². The molecule has 1 aromatic rings. The van der Waals surface area contributed by atoms with E-state index in [2.05, 4.69) is 11.9 Å². The summed E-state index contributed by atoms with van der Waals surface area (Å²) in [5, 5.41) is 3.97. The van der Waals surface area contributed by atoms with Crippen molar-refractivity contribution in [2.75, 3.05) is 13.7 Å². The minimum Gasteiger partial charge on any atom is -0.497 e. The maximum absolute atomic E-state index is 11.9. The molecule has 0 unspecified atom stereocenters. The molecule has 0 amide bonds. The van der Waals surface area contributed by atoms with Crippen molar-refractivity contribution in [3.63, 3.8) is 0 Å². The molecule has 88 valence electrons. The van der Waals surface area contributed by atoms with Crippen LogP contribution in [0.2, 0.25) is 0 Å². The molecule has 3 nitrogen and oxygen atoms in total. The molecule has 2 rings (SSSR count). The number of ketones is 1. The number of hydrogen-bond acceptors (Lipinski definition) is 4.